The second-order valence-corrected chi connectivity index (χ2v) is 5.02. The molecule has 1 aromatic heterocycles. The van der Waals surface area contributed by atoms with E-state index in [4.69, 9.17) is 10.2 Å². The third-order valence-corrected chi connectivity index (χ3v) is 3.34. The molecule has 1 heterocycles. The van der Waals surface area contributed by atoms with Gasteiger partial charge in [-0.3, -0.25) is 9.59 Å². The number of furan rings is 1. The zero-order chi connectivity index (χ0) is 15.7. The molecule has 3 N–H and O–H groups in total. The molecular formula is C17H14N2O3. The standard InChI is InChI=1S/C17H14N2O3/c1-10-6-7-11-9-15(22-14(11)8-10)17(21)19-13-5-3-2-4-12(13)16(18)20/h2-9H,1H3,(H2,18,20)(H,19,21). The van der Waals surface area contributed by atoms with Gasteiger partial charge in [-0.05, 0) is 36.8 Å². The fraction of sp³-hybridized carbons (Fsp3) is 0.0588. The van der Waals surface area contributed by atoms with E-state index in [9.17, 15) is 9.59 Å². The first-order valence-electron chi connectivity index (χ1n) is 6.75. The van der Waals surface area contributed by atoms with Gasteiger partial charge >= 0.3 is 0 Å². The van der Waals surface area contributed by atoms with Gasteiger partial charge in [0.1, 0.15) is 5.58 Å². The number of anilines is 1. The number of nitrogens with two attached hydrogens (primary N) is 1. The highest BCUT2D eigenvalue weighted by Gasteiger charge is 2.15. The van der Waals surface area contributed by atoms with Gasteiger partial charge in [-0.15, -0.1) is 0 Å². The van der Waals surface area contributed by atoms with E-state index >= 15 is 0 Å². The minimum absolute atomic E-state index is 0.180. The molecule has 110 valence electrons. The Morgan fingerprint density at radius 3 is 2.64 bits per heavy atom. The van der Waals surface area contributed by atoms with E-state index in [1.165, 1.54) is 0 Å². The van der Waals surface area contributed by atoms with Crippen molar-refractivity contribution in [1.82, 2.24) is 0 Å². The lowest BCUT2D eigenvalue weighted by Gasteiger charge is -2.06. The van der Waals surface area contributed by atoms with Crippen molar-refractivity contribution < 1.29 is 14.0 Å². The summed E-state index contributed by atoms with van der Waals surface area (Å²) in [5.74, 6) is -0.849. The maximum atomic E-state index is 12.3. The quantitative estimate of drug-likeness (QED) is 0.778. The first kappa shape index (κ1) is 13.9. The molecule has 22 heavy (non-hydrogen) atoms. The van der Waals surface area contributed by atoms with Crippen LogP contribution in [0.3, 0.4) is 0 Å². The van der Waals surface area contributed by atoms with Gasteiger partial charge in [-0.25, -0.2) is 0 Å². The Bertz CT molecular complexity index is 880. The van der Waals surface area contributed by atoms with E-state index in [2.05, 4.69) is 5.32 Å². The number of benzene rings is 2. The fourth-order valence-electron chi connectivity index (χ4n) is 2.24. The van der Waals surface area contributed by atoms with E-state index in [0.29, 0.717) is 11.3 Å². The molecule has 2 amide bonds. The van der Waals surface area contributed by atoms with Gasteiger partial charge in [0, 0.05) is 5.39 Å². The molecule has 3 aromatic rings. The number of primary amides is 1. The SMILES string of the molecule is Cc1ccc2cc(C(=O)Nc3ccccc3C(N)=O)oc2c1. The van der Waals surface area contributed by atoms with Crippen LogP contribution < -0.4 is 11.1 Å². The summed E-state index contributed by atoms with van der Waals surface area (Å²) in [5.41, 5.74) is 7.60. The molecule has 5 nitrogen and oxygen atoms in total. The van der Waals surface area contributed by atoms with Crippen molar-refractivity contribution in [2.45, 2.75) is 6.92 Å². The smallest absolute Gasteiger partial charge is 0.291 e. The molecule has 0 radical (unpaired) electrons. The zero-order valence-electron chi connectivity index (χ0n) is 11.9. The zero-order valence-corrected chi connectivity index (χ0v) is 11.9. The molecule has 0 aliphatic heterocycles. The predicted octanol–water partition coefficient (Wildman–Crippen LogP) is 3.09. The summed E-state index contributed by atoms with van der Waals surface area (Å²) >= 11 is 0. The lowest BCUT2D eigenvalue weighted by atomic mass is 10.1. The van der Waals surface area contributed by atoms with Crippen LogP contribution in [0.4, 0.5) is 5.69 Å². The Labute approximate surface area is 126 Å². The molecule has 0 saturated heterocycles. The summed E-state index contributed by atoms with van der Waals surface area (Å²) in [6, 6.07) is 13.9. The normalized spacial score (nSPS) is 10.6. The molecule has 2 aromatic carbocycles. The van der Waals surface area contributed by atoms with Gasteiger partial charge in [0.05, 0.1) is 11.3 Å². The average molecular weight is 294 g/mol. The summed E-state index contributed by atoms with van der Waals surface area (Å²) in [6.45, 7) is 1.95. The van der Waals surface area contributed by atoms with Crippen LogP contribution in [0.2, 0.25) is 0 Å². The fourth-order valence-corrected chi connectivity index (χ4v) is 2.24. The van der Waals surface area contributed by atoms with Gasteiger partial charge in [-0.2, -0.15) is 0 Å². The first-order valence-corrected chi connectivity index (χ1v) is 6.75. The number of amides is 2. The van der Waals surface area contributed by atoms with Crippen LogP contribution >= 0.6 is 0 Å². The van der Waals surface area contributed by atoms with Crippen molar-refractivity contribution >= 4 is 28.5 Å². The van der Waals surface area contributed by atoms with Crippen molar-refractivity contribution in [3.05, 3.63) is 65.4 Å². The number of hydrogen-bond acceptors (Lipinski definition) is 3. The van der Waals surface area contributed by atoms with Crippen molar-refractivity contribution in [1.29, 1.82) is 0 Å². The molecule has 0 atom stereocenters. The highest BCUT2D eigenvalue weighted by Crippen LogP contribution is 2.22. The topological polar surface area (TPSA) is 85.3 Å². The lowest BCUT2D eigenvalue weighted by Crippen LogP contribution is -2.17. The molecular weight excluding hydrogens is 280 g/mol. The molecule has 0 aliphatic carbocycles. The molecule has 0 bridgehead atoms. The number of nitrogens with one attached hydrogen (secondary N) is 1. The number of carbonyl (C=O) groups excluding carboxylic acids is 2. The summed E-state index contributed by atoms with van der Waals surface area (Å²) in [7, 11) is 0. The molecule has 0 aliphatic rings. The Balaban J connectivity index is 1.92. The van der Waals surface area contributed by atoms with Crippen molar-refractivity contribution in [3.63, 3.8) is 0 Å². The first-order chi connectivity index (χ1) is 10.5. The van der Waals surface area contributed by atoms with Crippen LogP contribution in [-0.2, 0) is 0 Å². The highest BCUT2D eigenvalue weighted by molar-refractivity contribution is 6.08. The Morgan fingerprint density at radius 2 is 1.86 bits per heavy atom. The van der Waals surface area contributed by atoms with Crippen molar-refractivity contribution in [2.24, 2.45) is 5.73 Å². The van der Waals surface area contributed by atoms with E-state index in [1.807, 2.05) is 25.1 Å². The molecule has 0 fully saturated rings. The second-order valence-electron chi connectivity index (χ2n) is 5.02. The van der Waals surface area contributed by atoms with Crippen LogP contribution in [0, 0.1) is 6.92 Å². The minimum atomic E-state index is -0.601. The van der Waals surface area contributed by atoms with Crippen molar-refractivity contribution in [3.8, 4) is 0 Å². The molecule has 0 spiro atoms. The average Bonchev–Trinajstić information content (AvgIpc) is 2.90. The number of aryl methyl sites for hydroxylation is 1. The Morgan fingerprint density at radius 1 is 1.09 bits per heavy atom. The van der Waals surface area contributed by atoms with E-state index < -0.39 is 11.8 Å². The van der Waals surface area contributed by atoms with Gasteiger partial charge < -0.3 is 15.5 Å². The third kappa shape index (κ3) is 2.56. The minimum Gasteiger partial charge on any atom is -0.451 e. The number of hydrogen-bond donors (Lipinski definition) is 2. The van der Waals surface area contributed by atoms with E-state index in [0.717, 1.165) is 10.9 Å². The van der Waals surface area contributed by atoms with E-state index in [1.54, 1.807) is 30.3 Å². The lowest BCUT2D eigenvalue weighted by molar-refractivity contribution is 0.0998. The summed E-state index contributed by atoms with van der Waals surface area (Å²) < 4.78 is 5.55. The Hall–Kier alpha value is -3.08. The predicted molar refractivity (Wildman–Crippen MR) is 83.9 cm³/mol. The van der Waals surface area contributed by atoms with Crippen LogP contribution in [-0.4, -0.2) is 11.8 Å². The third-order valence-electron chi connectivity index (χ3n) is 3.34. The summed E-state index contributed by atoms with van der Waals surface area (Å²) in [5, 5.41) is 3.50. The maximum Gasteiger partial charge on any atom is 0.291 e. The van der Waals surface area contributed by atoms with Crippen LogP contribution in [0.1, 0.15) is 26.5 Å². The molecule has 0 saturated carbocycles. The van der Waals surface area contributed by atoms with Crippen LogP contribution in [0.5, 0.6) is 0 Å². The monoisotopic (exact) mass is 294 g/mol. The number of rotatable bonds is 3. The highest BCUT2D eigenvalue weighted by atomic mass is 16.3. The number of fused-ring (bicyclic) bond motifs is 1. The summed E-state index contributed by atoms with van der Waals surface area (Å²) in [4.78, 5) is 23.7. The largest absolute Gasteiger partial charge is 0.451 e. The van der Waals surface area contributed by atoms with Gasteiger partial charge in [0.15, 0.2) is 5.76 Å². The number of para-hydroxylation sites is 1. The maximum absolute atomic E-state index is 12.3. The van der Waals surface area contributed by atoms with E-state index in [-0.39, 0.29) is 11.3 Å². The number of carbonyl (C=O) groups is 2. The van der Waals surface area contributed by atoms with Crippen LogP contribution in [0.15, 0.2) is 52.9 Å². The van der Waals surface area contributed by atoms with Gasteiger partial charge in [0.25, 0.3) is 11.8 Å². The second kappa shape index (κ2) is 5.37. The molecule has 5 heteroatoms. The Kier molecular flexibility index (Phi) is 3.39. The molecule has 0 unspecified atom stereocenters. The molecule has 3 rings (SSSR count). The van der Waals surface area contributed by atoms with Crippen LogP contribution in [0.25, 0.3) is 11.0 Å². The van der Waals surface area contributed by atoms with Gasteiger partial charge in [0.2, 0.25) is 0 Å². The summed E-state index contributed by atoms with van der Waals surface area (Å²) in [6.07, 6.45) is 0. The van der Waals surface area contributed by atoms with Crippen molar-refractivity contribution in [2.75, 3.05) is 5.32 Å². The van der Waals surface area contributed by atoms with Gasteiger partial charge in [-0.1, -0.05) is 24.3 Å².